The second-order valence-electron chi connectivity index (χ2n) is 2.54. The lowest BCUT2D eigenvalue weighted by Gasteiger charge is -2.06. The van der Waals surface area contributed by atoms with Gasteiger partial charge in [0.15, 0.2) is 0 Å². The van der Waals surface area contributed by atoms with Crippen LogP contribution in [0, 0.1) is 11.3 Å². The zero-order valence-electron chi connectivity index (χ0n) is 7.28. The van der Waals surface area contributed by atoms with Gasteiger partial charge in [-0.2, -0.15) is 5.26 Å². The molecule has 4 heteroatoms. The summed E-state index contributed by atoms with van der Waals surface area (Å²) in [5, 5.41) is 13.1. The van der Waals surface area contributed by atoms with Gasteiger partial charge < -0.3 is 5.32 Å². The van der Waals surface area contributed by atoms with Crippen LogP contribution in [-0.4, -0.2) is 11.9 Å². The Labute approximate surface area is 81.0 Å². The molecule has 0 saturated heterocycles. The van der Waals surface area contributed by atoms with E-state index in [1.54, 1.807) is 6.07 Å². The standard InChI is InChI=1S/C9H10N2OS/c1-2-7(6-10)11-9(12)8-4-3-5-13-8/h3-5,7H,2H2,1H3,(H,11,12). The number of nitrogens with one attached hydrogen (secondary N) is 1. The molecular formula is C9H10N2OS. The second-order valence-corrected chi connectivity index (χ2v) is 3.49. The van der Waals surface area contributed by atoms with Gasteiger partial charge in [0, 0.05) is 0 Å². The van der Waals surface area contributed by atoms with Gasteiger partial charge in [0.25, 0.3) is 5.91 Å². The average molecular weight is 194 g/mol. The molecule has 13 heavy (non-hydrogen) atoms. The van der Waals surface area contributed by atoms with Crippen LogP contribution in [0.1, 0.15) is 23.0 Å². The summed E-state index contributed by atoms with van der Waals surface area (Å²) in [6, 6.07) is 5.19. The number of hydrogen-bond acceptors (Lipinski definition) is 3. The van der Waals surface area contributed by atoms with Gasteiger partial charge in [-0.3, -0.25) is 4.79 Å². The first-order chi connectivity index (χ1) is 6.27. The zero-order chi connectivity index (χ0) is 9.68. The summed E-state index contributed by atoms with van der Waals surface area (Å²) >= 11 is 1.37. The Morgan fingerprint density at radius 3 is 3.08 bits per heavy atom. The number of nitrogens with zero attached hydrogens (tertiary/aromatic N) is 1. The molecule has 0 aliphatic rings. The molecule has 0 fully saturated rings. The van der Waals surface area contributed by atoms with Gasteiger partial charge in [-0.05, 0) is 17.9 Å². The van der Waals surface area contributed by atoms with E-state index >= 15 is 0 Å². The molecule has 1 aromatic rings. The van der Waals surface area contributed by atoms with E-state index in [0.29, 0.717) is 11.3 Å². The van der Waals surface area contributed by atoms with E-state index in [1.165, 1.54) is 11.3 Å². The summed E-state index contributed by atoms with van der Waals surface area (Å²) in [5.41, 5.74) is 0. The van der Waals surface area contributed by atoms with E-state index in [4.69, 9.17) is 5.26 Å². The highest BCUT2D eigenvalue weighted by molar-refractivity contribution is 7.12. The van der Waals surface area contributed by atoms with Crippen molar-refractivity contribution in [2.24, 2.45) is 0 Å². The minimum Gasteiger partial charge on any atom is -0.336 e. The molecule has 1 unspecified atom stereocenters. The Bertz CT molecular complexity index is 313. The van der Waals surface area contributed by atoms with Crippen molar-refractivity contribution >= 4 is 17.2 Å². The summed E-state index contributed by atoms with van der Waals surface area (Å²) in [6.45, 7) is 1.86. The Kier molecular flexibility index (Phi) is 3.47. The van der Waals surface area contributed by atoms with E-state index in [-0.39, 0.29) is 11.9 Å². The normalized spacial score (nSPS) is 11.7. The Hall–Kier alpha value is -1.34. The van der Waals surface area contributed by atoms with Crippen LogP contribution in [0.4, 0.5) is 0 Å². The van der Waals surface area contributed by atoms with E-state index in [1.807, 2.05) is 24.4 Å². The molecule has 3 nitrogen and oxygen atoms in total. The third-order valence-corrected chi connectivity index (χ3v) is 2.48. The number of carbonyl (C=O) groups is 1. The summed E-state index contributed by atoms with van der Waals surface area (Å²) in [6.07, 6.45) is 0.633. The first-order valence-electron chi connectivity index (χ1n) is 4.02. The van der Waals surface area contributed by atoms with Crippen molar-refractivity contribution in [3.8, 4) is 6.07 Å². The van der Waals surface area contributed by atoms with Crippen molar-refractivity contribution in [1.29, 1.82) is 5.26 Å². The van der Waals surface area contributed by atoms with Crippen molar-refractivity contribution in [2.75, 3.05) is 0 Å². The summed E-state index contributed by atoms with van der Waals surface area (Å²) < 4.78 is 0. The van der Waals surface area contributed by atoms with Gasteiger partial charge in [0.1, 0.15) is 6.04 Å². The minimum atomic E-state index is -0.380. The molecule has 0 aliphatic carbocycles. The van der Waals surface area contributed by atoms with E-state index in [2.05, 4.69) is 5.32 Å². The van der Waals surface area contributed by atoms with Crippen LogP contribution in [0.5, 0.6) is 0 Å². The van der Waals surface area contributed by atoms with Crippen molar-refractivity contribution < 1.29 is 4.79 Å². The molecule has 0 bridgehead atoms. The SMILES string of the molecule is CCC(C#N)NC(=O)c1cccs1. The first kappa shape index (κ1) is 9.75. The van der Waals surface area contributed by atoms with Gasteiger partial charge >= 0.3 is 0 Å². The monoisotopic (exact) mass is 194 g/mol. The molecule has 1 atom stereocenters. The molecule has 0 radical (unpaired) electrons. The smallest absolute Gasteiger partial charge is 0.262 e. The first-order valence-corrected chi connectivity index (χ1v) is 4.90. The van der Waals surface area contributed by atoms with Crippen molar-refractivity contribution in [3.05, 3.63) is 22.4 Å². The topological polar surface area (TPSA) is 52.9 Å². The Balaban J connectivity index is 2.57. The molecule has 1 N–H and O–H groups in total. The van der Waals surface area contributed by atoms with E-state index in [0.717, 1.165) is 0 Å². The highest BCUT2D eigenvalue weighted by Gasteiger charge is 2.11. The molecule has 0 aliphatic heterocycles. The lowest BCUT2D eigenvalue weighted by Crippen LogP contribution is -2.32. The van der Waals surface area contributed by atoms with Crippen LogP contribution in [0.2, 0.25) is 0 Å². The molecule has 0 spiro atoms. The third kappa shape index (κ3) is 2.56. The highest BCUT2D eigenvalue weighted by Crippen LogP contribution is 2.08. The van der Waals surface area contributed by atoms with Gasteiger partial charge in [0.05, 0.1) is 10.9 Å². The Morgan fingerprint density at radius 2 is 2.62 bits per heavy atom. The summed E-state index contributed by atoms with van der Waals surface area (Å²) in [5.74, 6) is -0.164. The van der Waals surface area contributed by atoms with Crippen molar-refractivity contribution in [1.82, 2.24) is 5.32 Å². The second kappa shape index (κ2) is 4.63. The fourth-order valence-electron chi connectivity index (χ4n) is 0.863. The zero-order valence-corrected chi connectivity index (χ0v) is 8.10. The van der Waals surface area contributed by atoms with E-state index < -0.39 is 0 Å². The van der Waals surface area contributed by atoms with Crippen LogP contribution in [-0.2, 0) is 0 Å². The molecule has 68 valence electrons. The number of nitriles is 1. The summed E-state index contributed by atoms with van der Waals surface area (Å²) in [7, 11) is 0. The fourth-order valence-corrected chi connectivity index (χ4v) is 1.49. The maximum atomic E-state index is 11.4. The lowest BCUT2D eigenvalue weighted by atomic mass is 10.2. The number of rotatable bonds is 3. The largest absolute Gasteiger partial charge is 0.336 e. The number of hydrogen-bond donors (Lipinski definition) is 1. The van der Waals surface area contributed by atoms with Crippen LogP contribution in [0.25, 0.3) is 0 Å². The quantitative estimate of drug-likeness (QED) is 0.797. The molecule has 0 saturated carbocycles. The van der Waals surface area contributed by atoms with Gasteiger partial charge in [-0.1, -0.05) is 13.0 Å². The van der Waals surface area contributed by atoms with Crippen molar-refractivity contribution in [2.45, 2.75) is 19.4 Å². The number of thiophene rings is 1. The van der Waals surface area contributed by atoms with E-state index in [9.17, 15) is 4.79 Å². The molecule has 1 amide bonds. The Morgan fingerprint density at radius 1 is 1.85 bits per heavy atom. The fraction of sp³-hybridized carbons (Fsp3) is 0.333. The predicted molar refractivity (Wildman–Crippen MR) is 51.5 cm³/mol. The van der Waals surface area contributed by atoms with Crippen LogP contribution in [0.3, 0.4) is 0 Å². The molecule has 1 aromatic heterocycles. The maximum Gasteiger partial charge on any atom is 0.262 e. The maximum absolute atomic E-state index is 11.4. The number of amides is 1. The average Bonchev–Trinajstić information content (AvgIpc) is 2.66. The summed E-state index contributed by atoms with van der Waals surface area (Å²) in [4.78, 5) is 12.0. The minimum absolute atomic E-state index is 0.164. The molecule has 0 aromatic carbocycles. The van der Waals surface area contributed by atoms with Gasteiger partial charge in [0.2, 0.25) is 0 Å². The van der Waals surface area contributed by atoms with Crippen LogP contribution < -0.4 is 5.32 Å². The van der Waals surface area contributed by atoms with Crippen LogP contribution in [0.15, 0.2) is 17.5 Å². The predicted octanol–water partition coefficient (Wildman–Crippen LogP) is 1.78. The molecule has 1 heterocycles. The van der Waals surface area contributed by atoms with Crippen LogP contribution >= 0.6 is 11.3 Å². The van der Waals surface area contributed by atoms with Gasteiger partial charge in [-0.15, -0.1) is 11.3 Å². The highest BCUT2D eigenvalue weighted by atomic mass is 32.1. The third-order valence-electron chi connectivity index (χ3n) is 1.61. The molecule has 1 rings (SSSR count). The lowest BCUT2D eigenvalue weighted by molar-refractivity contribution is 0.0949. The van der Waals surface area contributed by atoms with Crippen molar-refractivity contribution in [3.63, 3.8) is 0 Å². The van der Waals surface area contributed by atoms with Gasteiger partial charge in [-0.25, -0.2) is 0 Å². The molecular weight excluding hydrogens is 184 g/mol. The number of carbonyl (C=O) groups excluding carboxylic acids is 1.